The van der Waals surface area contributed by atoms with Gasteiger partial charge < -0.3 is 15.0 Å². The number of hydrogen-bond acceptors (Lipinski definition) is 5. The van der Waals surface area contributed by atoms with Crippen LogP contribution in [0.3, 0.4) is 0 Å². The number of methoxy groups -OCH3 is 1. The van der Waals surface area contributed by atoms with Crippen molar-refractivity contribution < 1.29 is 22.7 Å². The Kier molecular flexibility index (Phi) is 11.0. The lowest BCUT2D eigenvalue weighted by Gasteiger charge is -2.32. The van der Waals surface area contributed by atoms with Crippen LogP contribution in [0.1, 0.15) is 26.3 Å². The topological polar surface area (TPSA) is 96.0 Å². The first-order chi connectivity index (χ1) is 18.9. The van der Waals surface area contributed by atoms with Crippen molar-refractivity contribution >= 4 is 55.1 Å². The summed E-state index contributed by atoms with van der Waals surface area (Å²) in [6, 6.07) is 18.6. The average molecular weight is 651 g/mol. The van der Waals surface area contributed by atoms with Crippen LogP contribution in [0.25, 0.3) is 0 Å². The number of benzene rings is 3. The molecular weight excluding hydrogens is 618 g/mol. The fourth-order valence-electron chi connectivity index (χ4n) is 3.83. The van der Waals surface area contributed by atoms with E-state index in [1.54, 1.807) is 19.1 Å². The first-order valence-electron chi connectivity index (χ1n) is 12.7. The Morgan fingerprint density at radius 2 is 1.55 bits per heavy atom. The molecule has 0 aromatic heterocycles. The third-order valence-electron chi connectivity index (χ3n) is 6.16. The summed E-state index contributed by atoms with van der Waals surface area (Å²) in [6.45, 7) is 5.62. The smallest absolute Gasteiger partial charge is 0.264 e. The molecule has 0 saturated carbocycles. The van der Waals surface area contributed by atoms with Crippen LogP contribution >= 0.6 is 27.5 Å². The molecule has 0 aliphatic rings. The van der Waals surface area contributed by atoms with E-state index in [0.29, 0.717) is 17.3 Å². The van der Waals surface area contributed by atoms with Gasteiger partial charge in [0.25, 0.3) is 10.0 Å². The van der Waals surface area contributed by atoms with Gasteiger partial charge in [-0.05, 0) is 79.1 Å². The highest BCUT2D eigenvalue weighted by Gasteiger charge is 2.32. The number of nitrogens with zero attached hydrogens (tertiary/aromatic N) is 2. The van der Waals surface area contributed by atoms with Crippen LogP contribution in [0, 0.1) is 5.92 Å². The van der Waals surface area contributed by atoms with Crippen LogP contribution < -0.4 is 14.4 Å². The van der Waals surface area contributed by atoms with Crippen LogP contribution in [-0.4, -0.2) is 51.4 Å². The number of nitrogens with one attached hydrogen (secondary N) is 1. The summed E-state index contributed by atoms with van der Waals surface area (Å²) in [6.07, 6.45) is 0. The number of anilines is 1. The standard InChI is InChI=1S/C29H33BrClN3O5S/c1-20(2)17-32-29(36)21(3)33(18-22-5-7-23(30)8-6-22)28(35)19-34(25-11-9-24(31)10-12-25)40(37,38)27-15-13-26(39-4)14-16-27/h5-16,20-21H,17-19H2,1-4H3,(H,32,36)/t21-/m0/s1. The Balaban J connectivity index is 2.00. The van der Waals surface area contributed by atoms with Crippen molar-refractivity contribution in [1.29, 1.82) is 0 Å². The lowest BCUT2D eigenvalue weighted by molar-refractivity contribution is -0.139. The van der Waals surface area contributed by atoms with Crippen molar-refractivity contribution in [3.8, 4) is 5.75 Å². The summed E-state index contributed by atoms with van der Waals surface area (Å²) in [5.41, 5.74) is 1.05. The highest BCUT2D eigenvalue weighted by molar-refractivity contribution is 9.10. The molecule has 3 rings (SSSR count). The third kappa shape index (κ3) is 8.22. The third-order valence-corrected chi connectivity index (χ3v) is 8.73. The molecule has 0 aliphatic carbocycles. The zero-order valence-corrected chi connectivity index (χ0v) is 26.0. The summed E-state index contributed by atoms with van der Waals surface area (Å²) in [7, 11) is -2.70. The highest BCUT2D eigenvalue weighted by atomic mass is 79.9. The van der Waals surface area contributed by atoms with E-state index < -0.39 is 28.5 Å². The summed E-state index contributed by atoms with van der Waals surface area (Å²) in [4.78, 5) is 28.3. The lowest BCUT2D eigenvalue weighted by Crippen LogP contribution is -2.51. The molecule has 214 valence electrons. The molecular formula is C29H33BrClN3O5S. The molecule has 3 aromatic carbocycles. The number of amides is 2. The Morgan fingerprint density at radius 1 is 0.950 bits per heavy atom. The molecule has 0 radical (unpaired) electrons. The van der Waals surface area contributed by atoms with Crippen molar-refractivity contribution in [3.63, 3.8) is 0 Å². The Hall–Kier alpha value is -3.08. The summed E-state index contributed by atoms with van der Waals surface area (Å²) in [5, 5.41) is 3.29. The van der Waals surface area contributed by atoms with E-state index in [9.17, 15) is 18.0 Å². The van der Waals surface area contributed by atoms with E-state index in [-0.39, 0.29) is 29.0 Å². The van der Waals surface area contributed by atoms with Gasteiger partial charge in [0, 0.05) is 22.6 Å². The van der Waals surface area contributed by atoms with E-state index in [2.05, 4.69) is 21.2 Å². The van der Waals surface area contributed by atoms with Gasteiger partial charge in [0.1, 0.15) is 18.3 Å². The molecule has 1 N–H and O–H groups in total. The number of halogens is 2. The SMILES string of the molecule is COc1ccc(S(=O)(=O)N(CC(=O)N(Cc2ccc(Br)cc2)[C@@H](C)C(=O)NCC(C)C)c2ccc(Cl)cc2)cc1. The van der Waals surface area contributed by atoms with Gasteiger partial charge in [-0.2, -0.15) is 0 Å². The zero-order valence-electron chi connectivity index (χ0n) is 22.8. The fraction of sp³-hybridized carbons (Fsp3) is 0.310. The number of carbonyl (C=O) groups is 2. The molecule has 40 heavy (non-hydrogen) atoms. The Bertz CT molecular complexity index is 1400. The van der Waals surface area contributed by atoms with Crippen LogP contribution in [0.15, 0.2) is 82.2 Å². The second-order valence-corrected chi connectivity index (χ2v) is 12.8. The molecule has 0 fully saturated rings. The maximum absolute atomic E-state index is 13.9. The first kappa shape index (κ1) is 31.4. The van der Waals surface area contributed by atoms with Gasteiger partial charge >= 0.3 is 0 Å². The molecule has 8 nitrogen and oxygen atoms in total. The van der Waals surface area contributed by atoms with Crippen molar-refractivity contribution in [2.45, 2.75) is 38.3 Å². The summed E-state index contributed by atoms with van der Waals surface area (Å²) >= 11 is 9.47. The largest absolute Gasteiger partial charge is 0.497 e. The van der Waals surface area contributed by atoms with Gasteiger partial charge in [-0.1, -0.05) is 53.5 Å². The minimum absolute atomic E-state index is 0.0155. The van der Waals surface area contributed by atoms with E-state index in [4.69, 9.17) is 16.3 Å². The van der Waals surface area contributed by atoms with Crippen molar-refractivity contribution in [3.05, 3.63) is 87.9 Å². The molecule has 2 amide bonds. The predicted molar refractivity (Wildman–Crippen MR) is 161 cm³/mol. The van der Waals surface area contributed by atoms with Crippen LogP contribution in [0.2, 0.25) is 5.02 Å². The molecule has 1 atom stereocenters. The van der Waals surface area contributed by atoms with Gasteiger partial charge in [0.2, 0.25) is 11.8 Å². The van der Waals surface area contributed by atoms with Gasteiger partial charge in [-0.3, -0.25) is 13.9 Å². The predicted octanol–water partition coefficient (Wildman–Crippen LogP) is 5.50. The van der Waals surface area contributed by atoms with Gasteiger partial charge in [0.15, 0.2) is 0 Å². The van der Waals surface area contributed by atoms with Gasteiger partial charge in [-0.25, -0.2) is 8.42 Å². The second-order valence-electron chi connectivity index (χ2n) is 9.63. The normalized spacial score (nSPS) is 12.1. The van der Waals surface area contributed by atoms with Crippen LogP contribution in [-0.2, 0) is 26.2 Å². The fourth-order valence-corrected chi connectivity index (χ4v) is 5.64. The zero-order chi connectivity index (χ0) is 29.4. The molecule has 0 bridgehead atoms. The molecule has 0 unspecified atom stereocenters. The van der Waals surface area contributed by atoms with Crippen LogP contribution in [0.4, 0.5) is 5.69 Å². The number of carbonyl (C=O) groups excluding carboxylic acids is 2. The molecule has 0 aliphatic heterocycles. The number of ether oxygens (including phenoxy) is 1. The van der Waals surface area contributed by atoms with E-state index in [0.717, 1.165) is 14.3 Å². The molecule has 0 saturated heterocycles. The highest BCUT2D eigenvalue weighted by Crippen LogP contribution is 2.27. The molecule has 0 heterocycles. The molecule has 0 spiro atoms. The van der Waals surface area contributed by atoms with Crippen molar-refractivity contribution in [2.24, 2.45) is 5.92 Å². The molecule has 11 heteroatoms. The molecule has 3 aromatic rings. The quantitative estimate of drug-likeness (QED) is 0.280. The first-order valence-corrected chi connectivity index (χ1v) is 15.3. The van der Waals surface area contributed by atoms with Gasteiger partial charge in [-0.15, -0.1) is 0 Å². The van der Waals surface area contributed by atoms with Crippen molar-refractivity contribution in [2.75, 3.05) is 24.5 Å². The van der Waals surface area contributed by atoms with E-state index in [1.807, 2.05) is 38.1 Å². The Morgan fingerprint density at radius 3 is 2.10 bits per heavy atom. The van der Waals surface area contributed by atoms with Crippen LogP contribution in [0.5, 0.6) is 5.75 Å². The minimum Gasteiger partial charge on any atom is -0.497 e. The number of rotatable bonds is 12. The summed E-state index contributed by atoms with van der Waals surface area (Å²) < 4.78 is 34.8. The summed E-state index contributed by atoms with van der Waals surface area (Å²) in [5.74, 6) is -0.144. The lowest BCUT2D eigenvalue weighted by atomic mass is 10.1. The van der Waals surface area contributed by atoms with Crippen molar-refractivity contribution in [1.82, 2.24) is 10.2 Å². The van der Waals surface area contributed by atoms with Gasteiger partial charge in [0.05, 0.1) is 17.7 Å². The Labute approximate surface area is 249 Å². The average Bonchev–Trinajstić information content (AvgIpc) is 2.94. The monoisotopic (exact) mass is 649 g/mol. The second kappa shape index (κ2) is 14.0. The maximum atomic E-state index is 13.9. The number of sulfonamides is 1. The number of hydrogen-bond donors (Lipinski definition) is 1. The minimum atomic E-state index is -4.19. The van der Waals surface area contributed by atoms with E-state index in [1.165, 1.54) is 48.4 Å². The maximum Gasteiger partial charge on any atom is 0.264 e. The van der Waals surface area contributed by atoms with E-state index >= 15 is 0 Å².